The molecular weight excluding hydrogens is 318 g/mol. The summed E-state index contributed by atoms with van der Waals surface area (Å²) in [4.78, 5) is 0. The van der Waals surface area contributed by atoms with E-state index in [2.05, 4.69) is 31.5 Å². The van der Waals surface area contributed by atoms with Crippen molar-refractivity contribution in [3.63, 3.8) is 0 Å². The maximum atomic E-state index is 6.04. The van der Waals surface area contributed by atoms with Gasteiger partial charge in [0.25, 0.3) is 0 Å². The third-order valence-corrected chi connectivity index (χ3v) is 3.47. The fraction of sp³-hybridized carbons (Fsp3) is 0.0714. The van der Waals surface area contributed by atoms with Crippen LogP contribution in [0.15, 0.2) is 46.9 Å². The Morgan fingerprint density at radius 1 is 1.15 bits per heavy atom. The molecule has 0 spiro atoms. The number of rotatable bonds is 2. The minimum absolute atomic E-state index is 0.629. The van der Waals surface area contributed by atoms with Crippen molar-refractivity contribution in [3.05, 3.63) is 52.5 Å². The van der Waals surface area contributed by atoms with E-state index in [1.807, 2.05) is 49.4 Å². The van der Waals surface area contributed by atoms with Gasteiger partial charge in [0.2, 0.25) is 0 Å². The summed E-state index contributed by atoms with van der Waals surface area (Å²) in [6.07, 6.45) is 0. The number of nitrogens with zero attached hydrogens (tertiary/aromatic N) is 4. The SMILES string of the molecule is Cc1ccc(N)c(-c2nnnn2-c2cccc(Br)c2)c1. The lowest BCUT2D eigenvalue weighted by Crippen LogP contribution is -2.02. The van der Waals surface area contributed by atoms with Crippen LogP contribution in [0, 0.1) is 6.92 Å². The van der Waals surface area contributed by atoms with Crippen LogP contribution in [-0.2, 0) is 0 Å². The molecule has 2 N–H and O–H groups in total. The second-order valence-corrected chi connectivity index (χ2v) is 5.40. The predicted octanol–water partition coefficient (Wildman–Crippen LogP) is 2.98. The number of aryl methyl sites for hydroxylation is 1. The van der Waals surface area contributed by atoms with Crippen molar-refractivity contribution in [2.75, 3.05) is 5.73 Å². The third-order valence-electron chi connectivity index (χ3n) is 2.97. The van der Waals surface area contributed by atoms with E-state index in [9.17, 15) is 0 Å². The first-order valence-corrected chi connectivity index (χ1v) is 6.85. The molecule has 0 radical (unpaired) electrons. The summed E-state index contributed by atoms with van der Waals surface area (Å²) in [7, 11) is 0. The number of nitrogens with two attached hydrogens (primary N) is 1. The van der Waals surface area contributed by atoms with Gasteiger partial charge in [-0.25, -0.2) is 0 Å². The number of halogens is 1. The molecule has 1 heterocycles. The molecule has 0 atom stereocenters. The zero-order valence-corrected chi connectivity index (χ0v) is 12.4. The van der Waals surface area contributed by atoms with E-state index in [4.69, 9.17) is 5.73 Å². The molecule has 0 unspecified atom stereocenters. The van der Waals surface area contributed by atoms with Crippen molar-refractivity contribution < 1.29 is 0 Å². The minimum atomic E-state index is 0.629. The quantitative estimate of drug-likeness (QED) is 0.734. The Bertz CT molecular complexity index is 766. The normalized spacial score (nSPS) is 10.7. The van der Waals surface area contributed by atoms with Crippen LogP contribution >= 0.6 is 15.9 Å². The van der Waals surface area contributed by atoms with Gasteiger partial charge in [-0.15, -0.1) is 5.10 Å². The first-order chi connectivity index (χ1) is 9.65. The standard InChI is InChI=1S/C14H12BrN5/c1-9-5-6-13(16)12(7-9)14-17-18-19-20(14)11-4-2-3-10(15)8-11/h2-8H,16H2,1H3. The van der Waals surface area contributed by atoms with Gasteiger partial charge in [-0.3, -0.25) is 0 Å². The predicted molar refractivity (Wildman–Crippen MR) is 81.4 cm³/mol. The largest absolute Gasteiger partial charge is 0.398 e. The summed E-state index contributed by atoms with van der Waals surface area (Å²) in [5, 5.41) is 11.9. The van der Waals surface area contributed by atoms with E-state index >= 15 is 0 Å². The van der Waals surface area contributed by atoms with Crippen LogP contribution in [0.2, 0.25) is 0 Å². The fourth-order valence-electron chi connectivity index (χ4n) is 2.00. The van der Waals surface area contributed by atoms with Gasteiger partial charge >= 0.3 is 0 Å². The first-order valence-electron chi connectivity index (χ1n) is 6.06. The Hall–Kier alpha value is -2.21. The van der Waals surface area contributed by atoms with Crippen molar-refractivity contribution in [3.8, 4) is 17.1 Å². The van der Waals surface area contributed by atoms with Crippen LogP contribution in [0.3, 0.4) is 0 Å². The van der Waals surface area contributed by atoms with Gasteiger partial charge in [0.15, 0.2) is 5.82 Å². The Balaban J connectivity index is 2.18. The summed E-state index contributed by atoms with van der Waals surface area (Å²) in [6, 6.07) is 13.6. The van der Waals surface area contributed by atoms with Crippen LogP contribution in [0.25, 0.3) is 17.1 Å². The van der Waals surface area contributed by atoms with E-state index in [0.29, 0.717) is 11.5 Å². The van der Waals surface area contributed by atoms with Gasteiger partial charge in [0.05, 0.1) is 5.69 Å². The lowest BCUT2D eigenvalue weighted by atomic mass is 10.1. The van der Waals surface area contributed by atoms with Crippen molar-refractivity contribution in [2.24, 2.45) is 0 Å². The number of aromatic nitrogens is 4. The van der Waals surface area contributed by atoms with Crippen LogP contribution in [0.5, 0.6) is 0 Å². The highest BCUT2D eigenvalue weighted by atomic mass is 79.9. The average Bonchev–Trinajstić information content (AvgIpc) is 2.90. The monoisotopic (exact) mass is 329 g/mol. The van der Waals surface area contributed by atoms with E-state index in [0.717, 1.165) is 21.3 Å². The Labute approximate surface area is 124 Å². The second kappa shape index (κ2) is 5.05. The maximum Gasteiger partial charge on any atom is 0.189 e. The van der Waals surface area contributed by atoms with Gasteiger partial charge < -0.3 is 5.73 Å². The summed E-state index contributed by atoms with van der Waals surface area (Å²) in [5.41, 5.74) is 9.51. The highest BCUT2D eigenvalue weighted by molar-refractivity contribution is 9.10. The maximum absolute atomic E-state index is 6.04. The van der Waals surface area contributed by atoms with Crippen LogP contribution in [0.1, 0.15) is 5.56 Å². The number of nitrogen functional groups attached to an aromatic ring is 1. The summed E-state index contributed by atoms with van der Waals surface area (Å²) >= 11 is 3.45. The number of benzene rings is 2. The smallest absolute Gasteiger partial charge is 0.189 e. The minimum Gasteiger partial charge on any atom is -0.398 e. The van der Waals surface area contributed by atoms with Gasteiger partial charge in [-0.05, 0) is 47.7 Å². The molecule has 0 amide bonds. The van der Waals surface area contributed by atoms with Gasteiger partial charge in [0, 0.05) is 15.7 Å². The molecule has 0 saturated carbocycles. The Morgan fingerprint density at radius 3 is 2.80 bits per heavy atom. The van der Waals surface area contributed by atoms with Gasteiger partial charge in [-0.1, -0.05) is 33.6 Å². The lowest BCUT2D eigenvalue weighted by molar-refractivity contribution is 0.791. The lowest BCUT2D eigenvalue weighted by Gasteiger charge is -2.08. The second-order valence-electron chi connectivity index (χ2n) is 4.48. The summed E-state index contributed by atoms with van der Waals surface area (Å²) < 4.78 is 2.64. The third kappa shape index (κ3) is 2.30. The van der Waals surface area contributed by atoms with Crippen molar-refractivity contribution >= 4 is 21.6 Å². The van der Waals surface area contributed by atoms with Crippen molar-refractivity contribution in [1.82, 2.24) is 20.2 Å². The highest BCUT2D eigenvalue weighted by Crippen LogP contribution is 2.27. The van der Waals surface area contributed by atoms with E-state index in [1.165, 1.54) is 0 Å². The number of tetrazole rings is 1. The molecule has 5 nitrogen and oxygen atoms in total. The molecule has 0 saturated heterocycles. The average molecular weight is 330 g/mol. The molecule has 2 aromatic carbocycles. The Morgan fingerprint density at radius 2 is 2.00 bits per heavy atom. The topological polar surface area (TPSA) is 69.6 Å². The first kappa shape index (κ1) is 12.8. The van der Waals surface area contributed by atoms with Gasteiger partial charge in [-0.2, -0.15) is 4.68 Å². The zero-order valence-electron chi connectivity index (χ0n) is 10.8. The molecule has 3 rings (SSSR count). The molecule has 0 aliphatic rings. The number of hydrogen-bond donors (Lipinski definition) is 1. The van der Waals surface area contributed by atoms with Gasteiger partial charge in [0.1, 0.15) is 0 Å². The Kier molecular flexibility index (Phi) is 3.23. The molecule has 100 valence electrons. The zero-order chi connectivity index (χ0) is 14.1. The molecule has 6 heteroatoms. The molecular formula is C14H12BrN5. The van der Waals surface area contributed by atoms with Crippen LogP contribution in [-0.4, -0.2) is 20.2 Å². The molecule has 0 aliphatic heterocycles. The molecule has 1 aromatic heterocycles. The molecule has 20 heavy (non-hydrogen) atoms. The summed E-state index contributed by atoms with van der Waals surface area (Å²) in [5.74, 6) is 0.629. The van der Waals surface area contributed by atoms with E-state index in [-0.39, 0.29) is 0 Å². The molecule has 3 aromatic rings. The highest BCUT2D eigenvalue weighted by Gasteiger charge is 2.13. The molecule has 0 bridgehead atoms. The van der Waals surface area contributed by atoms with E-state index in [1.54, 1.807) is 4.68 Å². The molecule has 0 aliphatic carbocycles. The van der Waals surface area contributed by atoms with Crippen LogP contribution < -0.4 is 5.73 Å². The molecule has 0 fully saturated rings. The van der Waals surface area contributed by atoms with Crippen LogP contribution in [0.4, 0.5) is 5.69 Å². The number of hydrogen-bond acceptors (Lipinski definition) is 4. The van der Waals surface area contributed by atoms with Crippen molar-refractivity contribution in [2.45, 2.75) is 6.92 Å². The fourth-order valence-corrected chi connectivity index (χ4v) is 2.39. The number of anilines is 1. The summed E-state index contributed by atoms with van der Waals surface area (Å²) in [6.45, 7) is 2.01. The van der Waals surface area contributed by atoms with E-state index < -0.39 is 0 Å². The van der Waals surface area contributed by atoms with Crippen molar-refractivity contribution in [1.29, 1.82) is 0 Å².